The van der Waals surface area contributed by atoms with Gasteiger partial charge in [0, 0.05) is 29.9 Å². The smallest absolute Gasteiger partial charge is 0.226 e. The molecule has 3 nitrogen and oxygen atoms in total. The Morgan fingerprint density at radius 3 is 2.90 bits per heavy atom. The lowest BCUT2D eigenvalue weighted by Crippen LogP contribution is -2.43. The van der Waals surface area contributed by atoms with Crippen molar-refractivity contribution in [3.05, 3.63) is 34.9 Å². The number of nitrogens with zero attached hydrogens (tertiary/aromatic N) is 1. The van der Waals surface area contributed by atoms with Gasteiger partial charge in [-0.1, -0.05) is 29.8 Å². The van der Waals surface area contributed by atoms with E-state index in [2.05, 4.69) is 0 Å². The van der Waals surface area contributed by atoms with Crippen molar-refractivity contribution in [3.8, 4) is 0 Å². The summed E-state index contributed by atoms with van der Waals surface area (Å²) in [5.41, 5.74) is 1.10. The summed E-state index contributed by atoms with van der Waals surface area (Å²) in [7, 11) is 0. The number of piperidine rings is 1. The zero-order valence-electron chi connectivity index (χ0n) is 12.3. The third-order valence-corrected chi connectivity index (χ3v) is 5.21. The molecule has 2 aliphatic rings. The van der Waals surface area contributed by atoms with Gasteiger partial charge in [-0.3, -0.25) is 4.79 Å². The van der Waals surface area contributed by atoms with Crippen molar-refractivity contribution >= 4 is 17.5 Å². The van der Waals surface area contributed by atoms with Crippen LogP contribution in [0.4, 0.5) is 0 Å². The van der Waals surface area contributed by atoms with Crippen molar-refractivity contribution in [3.63, 3.8) is 0 Å². The molecule has 1 N–H and O–H groups in total. The number of benzene rings is 1. The zero-order valence-corrected chi connectivity index (χ0v) is 13.1. The fraction of sp³-hybridized carbons (Fsp3) is 0.588. The van der Waals surface area contributed by atoms with Crippen molar-refractivity contribution in [1.29, 1.82) is 0 Å². The lowest BCUT2D eigenvalue weighted by Gasteiger charge is -2.34. The Labute approximate surface area is 130 Å². The summed E-state index contributed by atoms with van der Waals surface area (Å²) in [6.07, 6.45) is 2.57. The quantitative estimate of drug-likeness (QED) is 0.932. The van der Waals surface area contributed by atoms with Crippen molar-refractivity contribution in [2.45, 2.75) is 38.2 Å². The summed E-state index contributed by atoms with van der Waals surface area (Å²) in [5, 5.41) is 10.5. The van der Waals surface area contributed by atoms with Crippen LogP contribution < -0.4 is 0 Å². The van der Waals surface area contributed by atoms with E-state index < -0.39 is 0 Å². The third kappa shape index (κ3) is 3.09. The molecule has 0 spiro atoms. The lowest BCUT2D eigenvalue weighted by atomic mass is 9.93. The Balaban J connectivity index is 1.64. The van der Waals surface area contributed by atoms with Crippen LogP contribution in [0.5, 0.6) is 0 Å². The lowest BCUT2D eigenvalue weighted by molar-refractivity contribution is -0.135. The van der Waals surface area contributed by atoms with E-state index in [9.17, 15) is 9.90 Å². The van der Waals surface area contributed by atoms with E-state index >= 15 is 0 Å². The number of rotatable bonds is 3. The van der Waals surface area contributed by atoms with Gasteiger partial charge in [0.1, 0.15) is 0 Å². The van der Waals surface area contributed by atoms with Crippen LogP contribution >= 0.6 is 11.6 Å². The Kier molecular flexibility index (Phi) is 4.23. The van der Waals surface area contributed by atoms with Gasteiger partial charge in [0.15, 0.2) is 0 Å². The Hall–Kier alpha value is -1.06. The summed E-state index contributed by atoms with van der Waals surface area (Å²) < 4.78 is 0. The summed E-state index contributed by atoms with van der Waals surface area (Å²) in [5.74, 6) is 0.821. The number of hydrogen-bond donors (Lipinski definition) is 1. The molecule has 21 heavy (non-hydrogen) atoms. The molecule has 4 heteroatoms. The van der Waals surface area contributed by atoms with Gasteiger partial charge < -0.3 is 10.0 Å². The van der Waals surface area contributed by atoms with E-state index in [1.165, 1.54) is 0 Å². The van der Waals surface area contributed by atoms with Gasteiger partial charge in [0.05, 0.1) is 6.10 Å². The molecular formula is C17H22ClNO2. The molecule has 1 saturated heterocycles. The molecule has 1 saturated carbocycles. The second-order valence-electron chi connectivity index (χ2n) is 6.40. The first kappa shape index (κ1) is 14.9. The molecule has 1 amide bonds. The molecule has 4 unspecified atom stereocenters. The number of carbonyl (C=O) groups excluding carboxylic acids is 1. The molecule has 0 bridgehead atoms. The molecule has 3 rings (SSSR count). The topological polar surface area (TPSA) is 40.5 Å². The third-order valence-electron chi connectivity index (χ3n) is 4.86. The highest BCUT2D eigenvalue weighted by Gasteiger charge is 2.47. The van der Waals surface area contributed by atoms with Crippen LogP contribution in [0.3, 0.4) is 0 Å². The van der Waals surface area contributed by atoms with Gasteiger partial charge in [0.25, 0.3) is 0 Å². The number of likely N-dealkylation sites (tertiary alicyclic amines) is 1. The van der Waals surface area contributed by atoms with Crippen molar-refractivity contribution < 1.29 is 9.90 Å². The second kappa shape index (κ2) is 5.98. The average molecular weight is 308 g/mol. The van der Waals surface area contributed by atoms with E-state index in [1.54, 1.807) is 0 Å². The normalized spacial score (nSPS) is 30.0. The number of amides is 1. The van der Waals surface area contributed by atoms with E-state index in [0.717, 1.165) is 36.4 Å². The van der Waals surface area contributed by atoms with E-state index in [-0.39, 0.29) is 29.8 Å². The first-order valence-corrected chi connectivity index (χ1v) is 8.17. The van der Waals surface area contributed by atoms with Crippen LogP contribution in [-0.4, -0.2) is 35.1 Å². The predicted octanol–water partition coefficient (Wildman–Crippen LogP) is 3.06. The predicted molar refractivity (Wildman–Crippen MR) is 83.3 cm³/mol. The van der Waals surface area contributed by atoms with E-state index in [1.807, 2.05) is 36.1 Å². The molecule has 114 valence electrons. The Morgan fingerprint density at radius 2 is 2.19 bits per heavy atom. The molecule has 1 aliphatic heterocycles. The maximum Gasteiger partial charge on any atom is 0.226 e. The molecule has 1 heterocycles. The number of hydrogen-bond acceptors (Lipinski definition) is 2. The molecule has 0 aromatic heterocycles. The van der Waals surface area contributed by atoms with Gasteiger partial charge in [-0.05, 0) is 43.7 Å². The highest BCUT2D eigenvalue weighted by atomic mass is 35.5. The first-order valence-electron chi connectivity index (χ1n) is 7.79. The zero-order chi connectivity index (χ0) is 15.0. The van der Waals surface area contributed by atoms with Crippen LogP contribution in [-0.2, 0) is 4.79 Å². The maximum atomic E-state index is 12.6. The van der Waals surface area contributed by atoms with Gasteiger partial charge in [-0.2, -0.15) is 0 Å². The number of aliphatic hydroxyl groups excluding tert-OH is 1. The summed E-state index contributed by atoms with van der Waals surface area (Å²) in [6, 6.07) is 7.81. The summed E-state index contributed by atoms with van der Waals surface area (Å²) in [6.45, 7) is 3.35. The number of halogens is 1. The molecule has 0 radical (unpaired) electrons. The molecule has 1 aliphatic carbocycles. The van der Waals surface area contributed by atoms with Gasteiger partial charge in [-0.15, -0.1) is 0 Å². The van der Waals surface area contributed by atoms with Crippen molar-refractivity contribution in [2.24, 2.45) is 11.8 Å². The summed E-state index contributed by atoms with van der Waals surface area (Å²) in [4.78, 5) is 14.6. The van der Waals surface area contributed by atoms with Gasteiger partial charge >= 0.3 is 0 Å². The van der Waals surface area contributed by atoms with Crippen LogP contribution in [0.1, 0.15) is 37.7 Å². The summed E-state index contributed by atoms with van der Waals surface area (Å²) >= 11 is 6.22. The maximum absolute atomic E-state index is 12.6. The minimum absolute atomic E-state index is 0.0812. The fourth-order valence-corrected chi connectivity index (χ4v) is 3.70. The SMILES string of the molecule is CC(O)C1CCCN(C(=O)C2CC2c2ccccc2Cl)C1. The van der Waals surface area contributed by atoms with Crippen LogP contribution in [0.25, 0.3) is 0 Å². The Morgan fingerprint density at radius 1 is 1.43 bits per heavy atom. The fourth-order valence-electron chi connectivity index (χ4n) is 3.43. The van der Waals surface area contributed by atoms with Crippen LogP contribution in [0.2, 0.25) is 5.02 Å². The first-order chi connectivity index (χ1) is 10.1. The molecule has 1 aromatic carbocycles. The molecular weight excluding hydrogens is 286 g/mol. The molecule has 1 aromatic rings. The van der Waals surface area contributed by atoms with E-state index in [4.69, 9.17) is 11.6 Å². The minimum Gasteiger partial charge on any atom is -0.393 e. The molecule has 2 fully saturated rings. The molecule has 4 atom stereocenters. The monoisotopic (exact) mass is 307 g/mol. The standard InChI is InChI=1S/C17H22ClNO2/c1-11(20)12-5-4-8-19(10-12)17(21)15-9-14(15)13-6-2-3-7-16(13)18/h2-3,6-7,11-12,14-15,20H,4-5,8-10H2,1H3. The average Bonchev–Trinajstić information content (AvgIpc) is 3.27. The second-order valence-corrected chi connectivity index (χ2v) is 6.80. The van der Waals surface area contributed by atoms with Crippen molar-refractivity contribution in [1.82, 2.24) is 4.90 Å². The number of aliphatic hydroxyl groups is 1. The van der Waals surface area contributed by atoms with Gasteiger partial charge in [0.2, 0.25) is 5.91 Å². The van der Waals surface area contributed by atoms with Gasteiger partial charge in [-0.25, -0.2) is 0 Å². The van der Waals surface area contributed by atoms with Crippen LogP contribution in [0.15, 0.2) is 24.3 Å². The Bertz CT molecular complexity index is 531. The van der Waals surface area contributed by atoms with Crippen molar-refractivity contribution in [2.75, 3.05) is 13.1 Å². The minimum atomic E-state index is -0.334. The highest BCUT2D eigenvalue weighted by molar-refractivity contribution is 6.31. The van der Waals surface area contributed by atoms with E-state index in [0.29, 0.717) is 6.54 Å². The van der Waals surface area contributed by atoms with Crippen LogP contribution in [0, 0.1) is 11.8 Å². The number of carbonyl (C=O) groups is 1. The highest BCUT2D eigenvalue weighted by Crippen LogP contribution is 2.50. The largest absolute Gasteiger partial charge is 0.393 e.